The van der Waals surface area contributed by atoms with Crippen molar-refractivity contribution in [3.05, 3.63) is 101 Å². The molecule has 6 heteroatoms. The van der Waals surface area contributed by atoms with Gasteiger partial charge in [-0.05, 0) is 55.4 Å². The average molecular weight is 418 g/mol. The number of aryl methyl sites for hydroxylation is 1. The van der Waals surface area contributed by atoms with E-state index in [2.05, 4.69) is 16.0 Å². The monoisotopic (exact) mass is 417 g/mol. The molecule has 0 aliphatic heterocycles. The van der Waals surface area contributed by atoms with Crippen LogP contribution >= 0.6 is 12.2 Å². The predicted molar refractivity (Wildman–Crippen MR) is 124 cm³/mol. The molecule has 0 heterocycles. The number of thiocarbonyl (C=S) groups is 1. The number of carbonyl (C=O) groups is 2. The molecule has 2 amide bonds. The fourth-order valence-electron chi connectivity index (χ4n) is 3.04. The lowest BCUT2D eigenvalue weighted by atomic mass is 10.1. The van der Waals surface area contributed by atoms with Crippen molar-refractivity contribution in [1.82, 2.24) is 10.6 Å². The standard InChI is InChI=1S/C24H23N3O2S/c1-16-10-6-7-13-19(16)22(28)27-24(30)26-21-15-9-8-14-20(21)23(29)25-17(2)18-11-4-3-5-12-18/h3-15,17H,1-2H3,(H,25,29)(H2,26,27,28,30). The van der Waals surface area contributed by atoms with Gasteiger partial charge >= 0.3 is 0 Å². The van der Waals surface area contributed by atoms with Crippen LogP contribution in [0.1, 0.15) is 44.8 Å². The SMILES string of the molecule is Cc1ccccc1C(=O)NC(=S)Nc1ccccc1C(=O)NC(C)c1ccccc1. The van der Waals surface area contributed by atoms with Crippen LogP contribution in [0, 0.1) is 6.92 Å². The summed E-state index contributed by atoms with van der Waals surface area (Å²) in [5, 5.41) is 8.75. The zero-order valence-corrected chi connectivity index (χ0v) is 17.6. The third-order valence-electron chi connectivity index (χ3n) is 4.68. The molecule has 0 radical (unpaired) electrons. The topological polar surface area (TPSA) is 70.2 Å². The molecule has 3 N–H and O–H groups in total. The van der Waals surface area contributed by atoms with E-state index in [-0.39, 0.29) is 23.0 Å². The third-order valence-corrected chi connectivity index (χ3v) is 4.89. The van der Waals surface area contributed by atoms with E-state index in [1.807, 2.05) is 56.3 Å². The number of anilines is 1. The molecular weight excluding hydrogens is 394 g/mol. The molecule has 3 aromatic carbocycles. The molecule has 0 fully saturated rings. The second kappa shape index (κ2) is 9.80. The first-order valence-electron chi connectivity index (χ1n) is 9.58. The molecule has 0 aliphatic carbocycles. The number of para-hydroxylation sites is 1. The largest absolute Gasteiger partial charge is 0.345 e. The van der Waals surface area contributed by atoms with Crippen molar-refractivity contribution in [2.75, 3.05) is 5.32 Å². The summed E-state index contributed by atoms with van der Waals surface area (Å²) in [6.45, 7) is 3.79. The van der Waals surface area contributed by atoms with Crippen LogP contribution < -0.4 is 16.0 Å². The Hall–Kier alpha value is -3.51. The number of rotatable bonds is 5. The van der Waals surface area contributed by atoms with Crippen LogP contribution in [0.15, 0.2) is 78.9 Å². The fourth-order valence-corrected chi connectivity index (χ4v) is 3.24. The van der Waals surface area contributed by atoms with Gasteiger partial charge in [0.15, 0.2) is 5.11 Å². The van der Waals surface area contributed by atoms with Crippen LogP contribution in [0.25, 0.3) is 0 Å². The summed E-state index contributed by atoms with van der Waals surface area (Å²) in [4.78, 5) is 25.3. The van der Waals surface area contributed by atoms with Crippen LogP contribution in [0.3, 0.4) is 0 Å². The molecule has 1 atom stereocenters. The maximum atomic E-state index is 12.8. The van der Waals surface area contributed by atoms with E-state index in [0.717, 1.165) is 11.1 Å². The number of amides is 2. The summed E-state index contributed by atoms with van der Waals surface area (Å²) in [5.41, 5.74) is 3.37. The lowest BCUT2D eigenvalue weighted by molar-refractivity contribution is 0.0939. The maximum absolute atomic E-state index is 12.8. The molecule has 0 saturated carbocycles. The van der Waals surface area contributed by atoms with Gasteiger partial charge in [-0.25, -0.2) is 0 Å². The van der Waals surface area contributed by atoms with Crippen molar-refractivity contribution >= 4 is 34.8 Å². The van der Waals surface area contributed by atoms with E-state index in [4.69, 9.17) is 12.2 Å². The van der Waals surface area contributed by atoms with Gasteiger partial charge in [0.05, 0.1) is 17.3 Å². The Bertz CT molecular complexity index is 1070. The molecule has 5 nitrogen and oxygen atoms in total. The molecule has 152 valence electrons. The summed E-state index contributed by atoms with van der Waals surface area (Å²) in [5.74, 6) is -0.535. The first-order chi connectivity index (χ1) is 14.5. The van der Waals surface area contributed by atoms with Crippen LogP contribution in [-0.4, -0.2) is 16.9 Å². The van der Waals surface area contributed by atoms with Gasteiger partial charge < -0.3 is 10.6 Å². The van der Waals surface area contributed by atoms with Crippen LogP contribution in [0.2, 0.25) is 0 Å². The Morgan fingerprint density at radius 1 is 0.800 bits per heavy atom. The summed E-state index contributed by atoms with van der Waals surface area (Å²) >= 11 is 5.29. The van der Waals surface area contributed by atoms with E-state index >= 15 is 0 Å². The molecule has 0 aromatic heterocycles. The highest BCUT2D eigenvalue weighted by molar-refractivity contribution is 7.80. The average Bonchev–Trinajstić information content (AvgIpc) is 2.74. The van der Waals surface area contributed by atoms with Gasteiger partial charge in [-0.2, -0.15) is 0 Å². The van der Waals surface area contributed by atoms with E-state index < -0.39 is 0 Å². The van der Waals surface area contributed by atoms with Gasteiger partial charge in [0.1, 0.15) is 0 Å². The van der Waals surface area contributed by atoms with Gasteiger partial charge in [0.25, 0.3) is 11.8 Å². The minimum absolute atomic E-state index is 0.125. The molecule has 3 rings (SSSR count). The summed E-state index contributed by atoms with van der Waals surface area (Å²) in [6.07, 6.45) is 0. The number of hydrogen-bond donors (Lipinski definition) is 3. The molecule has 0 aliphatic rings. The smallest absolute Gasteiger partial charge is 0.257 e. The Morgan fingerprint density at radius 3 is 2.10 bits per heavy atom. The lowest BCUT2D eigenvalue weighted by Crippen LogP contribution is -2.35. The molecule has 1 unspecified atom stereocenters. The zero-order chi connectivity index (χ0) is 21.5. The molecular formula is C24H23N3O2S. The third kappa shape index (κ3) is 5.30. The Kier molecular flexibility index (Phi) is 6.93. The quantitative estimate of drug-likeness (QED) is 0.530. The van der Waals surface area contributed by atoms with Gasteiger partial charge in [-0.3, -0.25) is 14.9 Å². The van der Waals surface area contributed by atoms with Crippen molar-refractivity contribution in [3.63, 3.8) is 0 Å². The first kappa shape index (κ1) is 21.2. The van der Waals surface area contributed by atoms with E-state index in [9.17, 15) is 9.59 Å². The second-order valence-electron chi connectivity index (χ2n) is 6.87. The Labute approximate surface area is 181 Å². The molecule has 0 saturated heterocycles. The highest BCUT2D eigenvalue weighted by Crippen LogP contribution is 2.18. The van der Waals surface area contributed by atoms with Crippen molar-refractivity contribution in [1.29, 1.82) is 0 Å². The zero-order valence-electron chi connectivity index (χ0n) is 16.8. The van der Waals surface area contributed by atoms with Gasteiger partial charge in [0.2, 0.25) is 0 Å². The van der Waals surface area contributed by atoms with Crippen molar-refractivity contribution in [2.24, 2.45) is 0 Å². The van der Waals surface area contributed by atoms with Crippen molar-refractivity contribution in [2.45, 2.75) is 19.9 Å². The molecule has 0 bridgehead atoms. The number of carbonyl (C=O) groups excluding carboxylic acids is 2. The van der Waals surface area contributed by atoms with Gasteiger partial charge in [0, 0.05) is 5.56 Å². The predicted octanol–water partition coefficient (Wildman–Crippen LogP) is 4.61. The summed E-state index contributed by atoms with van der Waals surface area (Å²) in [7, 11) is 0. The minimum atomic E-state index is -0.301. The summed E-state index contributed by atoms with van der Waals surface area (Å²) < 4.78 is 0. The van der Waals surface area contributed by atoms with Crippen LogP contribution in [0.5, 0.6) is 0 Å². The van der Waals surface area contributed by atoms with E-state index in [1.165, 1.54) is 0 Å². The highest BCUT2D eigenvalue weighted by atomic mass is 32.1. The van der Waals surface area contributed by atoms with Gasteiger partial charge in [-0.15, -0.1) is 0 Å². The minimum Gasteiger partial charge on any atom is -0.345 e. The second-order valence-corrected chi connectivity index (χ2v) is 7.28. The normalized spacial score (nSPS) is 11.3. The number of hydrogen-bond acceptors (Lipinski definition) is 3. The molecule has 0 spiro atoms. The van der Waals surface area contributed by atoms with E-state index in [0.29, 0.717) is 16.8 Å². The first-order valence-corrected chi connectivity index (χ1v) is 9.99. The van der Waals surface area contributed by atoms with Gasteiger partial charge in [-0.1, -0.05) is 60.7 Å². The maximum Gasteiger partial charge on any atom is 0.257 e. The number of benzene rings is 3. The van der Waals surface area contributed by atoms with Crippen LogP contribution in [-0.2, 0) is 0 Å². The lowest BCUT2D eigenvalue weighted by Gasteiger charge is -2.17. The Morgan fingerprint density at radius 2 is 1.40 bits per heavy atom. The molecule has 30 heavy (non-hydrogen) atoms. The fraction of sp³-hybridized carbons (Fsp3) is 0.125. The van der Waals surface area contributed by atoms with E-state index in [1.54, 1.807) is 36.4 Å². The summed E-state index contributed by atoms with van der Waals surface area (Å²) in [6, 6.07) is 23.9. The Balaban J connectivity index is 1.69. The number of nitrogens with one attached hydrogen (secondary N) is 3. The highest BCUT2D eigenvalue weighted by Gasteiger charge is 2.16. The van der Waals surface area contributed by atoms with Crippen molar-refractivity contribution in [3.8, 4) is 0 Å². The van der Waals surface area contributed by atoms with Crippen molar-refractivity contribution < 1.29 is 9.59 Å². The molecule has 3 aromatic rings. The van der Waals surface area contributed by atoms with Crippen LogP contribution in [0.4, 0.5) is 5.69 Å².